The summed E-state index contributed by atoms with van der Waals surface area (Å²) in [5, 5.41) is 3.72. The molecule has 1 aliphatic heterocycles. The summed E-state index contributed by atoms with van der Waals surface area (Å²) in [5.74, 6) is 1.46. The quantitative estimate of drug-likeness (QED) is 0.858. The van der Waals surface area contributed by atoms with E-state index in [-0.39, 0.29) is 17.0 Å². The molecule has 0 aliphatic carbocycles. The third kappa shape index (κ3) is 3.55. The maximum Gasteiger partial charge on any atom is 0.240 e. The molecule has 0 N–H and O–H groups in total. The molecule has 0 saturated carbocycles. The highest BCUT2D eigenvalue weighted by atomic mass is 32.2. The van der Waals surface area contributed by atoms with Crippen LogP contribution in [-0.4, -0.2) is 27.8 Å². The molecule has 5 nitrogen and oxygen atoms in total. The predicted octanol–water partition coefficient (Wildman–Crippen LogP) is 3.25. The number of amides is 1. The molecule has 3 rings (SSSR count). The number of benzene rings is 1. The minimum absolute atomic E-state index is 0.0659. The van der Waals surface area contributed by atoms with E-state index in [4.69, 9.17) is 4.52 Å². The molecule has 1 saturated heterocycles. The Morgan fingerprint density at radius 3 is 2.96 bits per heavy atom. The molecule has 1 aliphatic rings. The van der Waals surface area contributed by atoms with E-state index in [1.165, 1.54) is 23.9 Å². The minimum atomic E-state index is -0.283. The van der Waals surface area contributed by atoms with Gasteiger partial charge in [-0.15, -0.1) is 11.8 Å². The second-order valence-corrected chi connectivity index (χ2v) is 6.78. The number of nitrogens with zero attached hydrogens (tertiary/aromatic N) is 3. The molecular formula is C16H18FN3O2S. The number of halogens is 1. The Morgan fingerprint density at radius 2 is 2.26 bits per heavy atom. The fourth-order valence-electron chi connectivity index (χ4n) is 2.73. The molecule has 23 heavy (non-hydrogen) atoms. The number of hydrogen-bond donors (Lipinski definition) is 0. The highest BCUT2D eigenvalue weighted by Gasteiger charge is 2.31. The molecule has 0 bridgehead atoms. The van der Waals surface area contributed by atoms with Gasteiger partial charge in [0.2, 0.25) is 11.8 Å². The van der Waals surface area contributed by atoms with E-state index in [0.717, 1.165) is 24.1 Å². The van der Waals surface area contributed by atoms with E-state index in [1.54, 1.807) is 17.9 Å². The first-order valence-corrected chi connectivity index (χ1v) is 8.58. The smallest absolute Gasteiger partial charge is 0.240 e. The largest absolute Gasteiger partial charge is 0.340 e. The Kier molecular flexibility index (Phi) is 4.66. The van der Waals surface area contributed by atoms with Crippen LogP contribution in [0.1, 0.15) is 30.1 Å². The average Bonchev–Trinajstić information content (AvgIpc) is 2.92. The summed E-state index contributed by atoms with van der Waals surface area (Å²) in [6.45, 7) is 4.24. The minimum Gasteiger partial charge on any atom is -0.340 e. The fourth-order valence-corrected chi connectivity index (χ4v) is 3.80. The monoisotopic (exact) mass is 335 g/mol. The number of carbonyl (C=O) groups is 1. The number of thioether (sulfide) groups is 1. The summed E-state index contributed by atoms with van der Waals surface area (Å²) >= 11 is 1.53. The van der Waals surface area contributed by atoms with Gasteiger partial charge < -0.3 is 9.42 Å². The average molecular weight is 335 g/mol. The van der Waals surface area contributed by atoms with Gasteiger partial charge in [-0.2, -0.15) is 4.98 Å². The summed E-state index contributed by atoms with van der Waals surface area (Å²) in [5.41, 5.74) is 1.56. The summed E-state index contributed by atoms with van der Waals surface area (Å²) in [6, 6.07) is 4.54. The van der Waals surface area contributed by atoms with Gasteiger partial charge in [0.15, 0.2) is 5.82 Å². The van der Waals surface area contributed by atoms with Crippen LogP contribution in [0.25, 0.3) is 0 Å². The second kappa shape index (κ2) is 6.70. The van der Waals surface area contributed by atoms with E-state index in [9.17, 15) is 9.18 Å². The number of rotatable bonds is 4. The summed E-state index contributed by atoms with van der Waals surface area (Å²) in [4.78, 5) is 18.7. The van der Waals surface area contributed by atoms with Gasteiger partial charge in [0.1, 0.15) is 5.82 Å². The second-order valence-electron chi connectivity index (χ2n) is 5.59. The van der Waals surface area contributed by atoms with Gasteiger partial charge in [0.25, 0.3) is 0 Å². The first-order chi connectivity index (χ1) is 11.0. The molecule has 2 heterocycles. The molecule has 0 radical (unpaired) electrons. The Balaban J connectivity index is 1.70. The number of aryl methyl sites for hydroxylation is 2. The van der Waals surface area contributed by atoms with Crippen LogP contribution in [0, 0.1) is 19.7 Å². The van der Waals surface area contributed by atoms with Crippen molar-refractivity contribution in [3.63, 3.8) is 0 Å². The molecular weight excluding hydrogens is 317 g/mol. The first-order valence-electron chi connectivity index (χ1n) is 7.53. The van der Waals surface area contributed by atoms with Crippen molar-refractivity contribution in [2.75, 3.05) is 11.4 Å². The third-order valence-corrected chi connectivity index (χ3v) is 5.09. The number of carbonyl (C=O) groups excluding carboxylic acids is 1. The van der Waals surface area contributed by atoms with Crippen LogP contribution in [0.15, 0.2) is 22.7 Å². The number of anilines is 1. The van der Waals surface area contributed by atoms with Crippen LogP contribution < -0.4 is 4.90 Å². The van der Waals surface area contributed by atoms with E-state index in [1.807, 2.05) is 6.92 Å². The van der Waals surface area contributed by atoms with E-state index < -0.39 is 0 Å². The van der Waals surface area contributed by atoms with Crippen molar-refractivity contribution in [2.24, 2.45) is 0 Å². The summed E-state index contributed by atoms with van der Waals surface area (Å²) in [7, 11) is 0. The maximum atomic E-state index is 13.3. The lowest BCUT2D eigenvalue weighted by Gasteiger charge is -2.32. The van der Waals surface area contributed by atoms with Gasteiger partial charge in [0, 0.05) is 19.2 Å². The van der Waals surface area contributed by atoms with Crippen LogP contribution >= 0.6 is 11.8 Å². The fraction of sp³-hybridized carbons (Fsp3) is 0.438. The van der Waals surface area contributed by atoms with Gasteiger partial charge in [0.05, 0.1) is 11.0 Å². The first kappa shape index (κ1) is 16.0. The highest BCUT2D eigenvalue weighted by Crippen LogP contribution is 2.31. The normalized spacial score (nSPS) is 18.5. The van der Waals surface area contributed by atoms with Gasteiger partial charge in [-0.1, -0.05) is 5.16 Å². The molecule has 2 aromatic rings. The van der Waals surface area contributed by atoms with Crippen molar-refractivity contribution in [1.82, 2.24) is 10.1 Å². The van der Waals surface area contributed by atoms with Crippen molar-refractivity contribution in [1.29, 1.82) is 0 Å². The van der Waals surface area contributed by atoms with Crippen LogP contribution in [0.5, 0.6) is 0 Å². The van der Waals surface area contributed by atoms with Gasteiger partial charge in [-0.25, -0.2) is 4.39 Å². The van der Waals surface area contributed by atoms with Crippen LogP contribution in [0.2, 0.25) is 0 Å². The molecule has 0 spiro atoms. The highest BCUT2D eigenvalue weighted by molar-refractivity contribution is 7.99. The van der Waals surface area contributed by atoms with Gasteiger partial charge in [-0.3, -0.25) is 4.79 Å². The molecule has 1 aromatic carbocycles. The van der Waals surface area contributed by atoms with Crippen LogP contribution in [-0.2, 0) is 10.5 Å². The lowest BCUT2D eigenvalue weighted by Crippen LogP contribution is -2.43. The molecule has 1 atom stereocenters. The molecule has 1 amide bonds. The van der Waals surface area contributed by atoms with E-state index in [2.05, 4.69) is 10.1 Å². The molecule has 7 heteroatoms. The summed E-state index contributed by atoms with van der Waals surface area (Å²) < 4.78 is 18.2. The topological polar surface area (TPSA) is 59.2 Å². The maximum absolute atomic E-state index is 13.3. The number of piperidine rings is 1. The third-order valence-electron chi connectivity index (χ3n) is 3.82. The zero-order valence-electron chi connectivity index (χ0n) is 13.1. The predicted molar refractivity (Wildman–Crippen MR) is 86.8 cm³/mol. The van der Waals surface area contributed by atoms with Crippen molar-refractivity contribution in [2.45, 2.75) is 37.7 Å². The molecule has 122 valence electrons. The molecule has 0 unspecified atom stereocenters. The van der Waals surface area contributed by atoms with Crippen molar-refractivity contribution >= 4 is 23.4 Å². The van der Waals surface area contributed by atoms with Gasteiger partial charge >= 0.3 is 0 Å². The standard InChI is InChI=1S/C16H18FN3O2S/c1-10-8-12(17)5-6-13(10)20-7-3-4-14(16(20)21)23-9-15-18-11(2)22-19-15/h5-6,8,14H,3-4,7,9H2,1-2H3/t14-/m0/s1. The number of hydrogen-bond acceptors (Lipinski definition) is 5. The van der Waals surface area contributed by atoms with Crippen molar-refractivity contribution < 1.29 is 13.7 Å². The Morgan fingerprint density at radius 1 is 1.43 bits per heavy atom. The summed E-state index contributed by atoms with van der Waals surface area (Å²) in [6.07, 6.45) is 1.75. The Bertz CT molecular complexity index is 719. The number of aromatic nitrogens is 2. The lowest BCUT2D eigenvalue weighted by atomic mass is 10.1. The van der Waals surface area contributed by atoms with Crippen LogP contribution in [0.4, 0.5) is 10.1 Å². The van der Waals surface area contributed by atoms with Crippen molar-refractivity contribution in [3.05, 3.63) is 41.3 Å². The molecule has 1 aromatic heterocycles. The van der Waals surface area contributed by atoms with E-state index >= 15 is 0 Å². The Hall–Kier alpha value is -1.89. The van der Waals surface area contributed by atoms with Gasteiger partial charge in [-0.05, 0) is 43.5 Å². The SMILES string of the molecule is Cc1nc(CS[C@H]2CCCN(c3ccc(F)cc3C)C2=O)no1. The lowest BCUT2D eigenvalue weighted by molar-refractivity contribution is -0.119. The van der Waals surface area contributed by atoms with E-state index in [0.29, 0.717) is 24.0 Å². The van der Waals surface area contributed by atoms with Crippen LogP contribution in [0.3, 0.4) is 0 Å². The zero-order chi connectivity index (χ0) is 16.4. The Labute approximate surface area is 138 Å². The van der Waals surface area contributed by atoms with Crippen molar-refractivity contribution in [3.8, 4) is 0 Å². The zero-order valence-corrected chi connectivity index (χ0v) is 13.9. The molecule has 1 fully saturated rings.